The highest BCUT2D eigenvalue weighted by molar-refractivity contribution is 5.85. The van der Waals surface area contributed by atoms with Crippen LogP contribution in [-0.4, -0.2) is 35.3 Å². The van der Waals surface area contributed by atoms with Gasteiger partial charge in [-0.05, 0) is 44.7 Å². The lowest BCUT2D eigenvalue weighted by Gasteiger charge is -2.23. The molecule has 1 fully saturated rings. The molecular formula is C12H25N3O2. The van der Waals surface area contributed by atoms with E-state index in [0.717, 1.165) is 38.8 Å². The van der Waals surface area contributed by atoms with Crippen molar-refractivity contribution < 1.29 is 10.3 Å². The minimum Gasteiger partial charge on any atom is -0.409 e. The number of aliphatic hydroxyl groups excluding tert-OH is 1. The summed E-state index contributed by atoms with van der Waals surface area (Å²) in [6.45, 7) is 5.71. The van der Waals surface area contributed by atoms with Crippen LogP contribution in [0.2, 0.25) is 0 Å². The standard InChI is InChI=1S/C12H25N3O2/c1-12(2,11(13)15-17)5-6-14-8-9-3-4-10(16)7-9/h9-10,14,16-17H,3-8H2,1-2H3,(H2,13,15). The van der Waals surface area contributed by atoms with Gasteiger partial charge in [0.25, 0.3) is 0 Å². The Bertz CT molecular complexity index is 266. The van der Waals surface area contributed by atoms with Gasteiger partial charge in [-0.3, -0.25) is 0 Å². The number of oxime groups is 1. The Hall–Kier alpha value is -0.810. The van der Waals surface area contributed by atoms with Crippen molar-refractivity contribution in [2.24, 2.45) is 22.2 Å². The van der Waals surface area contributed by atoms with Crippen LogP contribution >= 0.6 is 0 Å². The van der Waals surface area contributed by atoms with Gasteiger partial charge in [-0.1, -0.05) is 19.0 Å². The topological polar surface area (TPSA) is 90.9 Å². The summed E-state index contributed by atoms with van der Waals surface area (Å²) in [6, 6.07) is 0. The predicted molar refractivity (Wildman–Crippen MR) is 68.0 cm³/mol. The molecule has 5 N–H and O–H groups in total. The van der Waals surface area contributed by atoms with Gasteiger partial charge >= 0.3 is 0 Å². The van der Waals surface area contributed by atoms with Gasteiger partial charge in [-0.15, -0.1) is 0 Å². The fraction of sp³-hybridized carbons (Fsp3) is 0.917. The van der Waals surface area contributed by atoms with E-state index in [2.05, 4.69) is 10.5 Å². The number of nitrogens with zero attached hydrogens (tertiary/aromatic N) is 1. The fourth-order valence-electron chi connectivity index (χ4n) is 2.20. The molecule has 2 atom stereocenters. The number of amidine groups is 1. The molecule has 100 valence electrons. The van der Waals surface area contributed by atoms with Crippen molar-refractivity contribution in [1.29, 1.82) is 0 Å². The fourth-order valence-corrected chi connectivity index (χ4v) is 2.20. The number of hydrogen-bond donors (Lipinski definition) is 4. The first-order valence-electron chi connectivity index (χ1n) is 6.32. The molecule has 1 rings (SSSR count). The number of hydrogen-bond acceptors (Lipinski definition) is 4. The van der Waals surface area contributed by atoms with E-state index in [0.29, 0.717) is 5.92 Å². The second-order valence-electron chi connectivity index (χ2n) is 5.66. The molecule has 17 heavy (non-hydrogen) atoms. The van der Waals surface area contributed by atoms with Gasteiger partial charge < -0.3 is 21.4 Å². The highest BCUT2D eigenvalue weighted by Crippen LogP contribution is 2.25. The summed E-state index contributed by atoms with van der Waals surface area (Å²) in [5.41, 5.74) is 5.33. The first kappa shape index (κ1) is 14.3. The average Bonchev–Trinajstić information content (AvgIpc) is 2.69. The van der Waals surface area contributed by atoms with E-state index in [9.17, 15) is 5.11 Å². The van der Waals surface area contributed by atoms with Crippen molar-refractivity contribution in [2.75, 3.05) is 13.1 Å². The molecule has 5 nitrogen and oxygen atoms in total. The van der Waals surface area contributed by atoms with Crippen LogP contribution in [0.5, 0.6) is 0 Å². The number of rotatable bonds is 6. The van der Waals surface area contributed by atoms with Gasteiger partial charge in [-0.25, -0.2) is 0 Å². The molecule has 0 heterocycles. The van der Waals surface area contributed by atoms with Crippen LogP contribution in [0.3, 0.4) is 0 Å². The minimum absolute atomic E-state index is 0.101. The molecular weight excluding hydrogens is 218 g/mol. The number of nitrogens with one attached hydrogen (secondary N) is 1. The minimum atomic E-state index is -0.281. The Labute approximate surface area is 103 Å². The molecule has 2 unspecified atom stereocenters. The van der Waals surface area contributed by atoms with E-state index in [1.54, 1.807) is 0 Å². The Balaban J connectivity index is 2.16. The zero-order chi connectivity index (χ0) is 12.9. The second-order valence-corrected chi connectivity index (χ2v) is 5.66. The first-order chi connectivity index (χ1) is 7.95. The van der Waals surface area contributed by atoms with Crippen LogP contribution in [0.25, 0.3) is 0 Å². The van der Waals surface area contributed by atoms with Crippen LogP contribution in [-0.2, 0) is 0 Å². The molecule has 5 heteroatoms. The molecule has 0 aromatic heterocycles. The van der Waals surface area contributed by atoms with E-state index in [4.69, 9.17) is 10.9 Å². The Morgan fingerprint density at radius 3 is 2.71 bits per heavy atom. The van der Waals surface area contributed by atoms with Gasteiger partial charge in [0.15, 0.2) is 0 Å². The van der Waals surface area contributed by atoms with Crippen LogP contribution in [0.4, 0.5) is 0 Å². The Kier molecular flexibility index (Phi) is 5.21. The number of nitrogens with two attached hydrogens (primary N) is 1. The monoisotopic (exact) mass is 243 g/mol. The van der Waals surface area contributed by atoms with Crippen LogP contribution in [0.15, 0.2) is 5.16 Å². The summed E-state index contributed by atoms with van der Waals surface area (Å²) in [5.74, 6) is 0.868. The molecule has 1 aliphatic carbocycles. The van der Waals surface area contributed by atoms with E-state index in [-0.39, 0.29) is 17.4 Å². The van der Waals surface area contributed by atoms with Crippen LogP contribution in [0.1, 0.15) is 39.5 Å². The van der Waals surface area contributed by atoms with E-state index in [1.165, 1.54) is 0 Å². The van der Waals surface area contributed by atoms with E-state index < -0.39 is 0 Å². The highest BCUT2D eigenvalue weighted by Gasteiger charge is 2.24. The molecule has 1 aliphatic rings. The maximum absolute atomic E-state index is 9.40. The molecule has 0 saturated heterocycles. The normalized spacial score (nSPS) is 26.4. The summed E-state index contributed by atoms with van der Waals surface area (Å²) in [6.07, 6.45) is 3.68. The second kappa shape index (κ2) is 6.21. The summed E-state index contributed by atoms with van der Waals surface area (Å²) in [4.78, 5) is 0. The molecule has 0 radical (unpaired) electrons. The van der Waals surface area contributed by atoms with Gasteiger partial charge in [0.2, 0.25) is 0 Å². The SMILES string of the molecule is CC(C)(CCNCC1CCC(O)C1)C(N)=NO. The Morgan fingerprint density at radius 1 is 1.47 bits per heavy atom. The molecule has 0 spiro atoms. The van der Waals surface area contributed by atoms with Crippen molar-refractivity contribution in [3.63, 3.8) is 0 Å². The lowest BCUT2D eigenvalue weighted by Crippen LogP contribution is -2.35. The van der Waals surface area contributed by atoms with Gasteiger partial charge in [0.1, 0.15) is 5.84 Å². The van der Waals surface area contributed by atoms with Crippen LogP contribution < -0.4 is 11.1 Å². The van der Waals surface area contributed by atoms with Crippen molar-refractivity contribution in [1.82, 2.24) is 5.32 Å². The number of aliphatic hydroxyl groups is 1. The third-order valence-electron chi connectivity index (χ3n) is 3.67. The zero-order valence-electron chi connectivity index (χ0n) is 10.8. The highest BCUT2D eigenvalue weighted by atomic mass is 16.4. The van der Waals surface area contributed by atoms with Crippen molar-refractivity contribution in [2.45, 2.75) is 45.6 Å². The van der Waals surface area contributed by atoms with Gasteiger partial charge in [0.05, 0.1) is 6.10 Å². The quantitative estimate of drug-likeness (QED) is 0.183. The van der Waals surface area contributed by atoms with Gasteiger partial charge in [0, 0.05) is 5.41 Å². The maximum atomic E-state index is 9.40. The smallest absolute Gasteiger partial charge is 0.144 e. The van der Waals surface area contributed by atoms with Gasteiger partial charge in [-0.2, -0.15) is 0 Å². The average molecular weight is 243 g/mol. The third kappa shape index (κ3) is 4.52. The van der Waals surface area contributed by atoms with E-state index in [1.807, 2.05) is 13.8 Å². The molecule has 0 aromatic carbocycles. The Morgan fingerprint density at radius 2 is 2.18 bits per heavy atom. The maximum Gasteiger partial charge on any atom is 0.144 e. The van der Waals surface area contributed by atoms with Crippen molar-refractivity contribution in [3.8, 4) is 0 Å². The predicted octanol–water partition coefficient (Wildman–Crippen LogP) is 0.900. The van der Waals surface area contributed by atoms with Crippen molar-refractivity contribution >= 4 is 5.84 Å². The summed E-state index contributed by atoms with van der Waals surface area (Å²) in [5, 5.41) is 24.5. The zero-order valence-corrected chi connectivity index (χ0v) is 10.8. The molecule has 0 aromatic rings. The third-order valence-corrected chi connectivity index (χ3v) is 3.67. The molecule has 1 saturated carbocycles. The lowest BCUT2D eigenvalue weighted by molar-refractivity contribution is 0.177. The first-order valence-corrected chi connectivity index (χ1v) is 6.32. The summed E-state index contributed by atoms with van der Waals surface area (Å²) >= 11 is 0. The molecule has 0 amide bonds. The van der Waals surface area contributed by atoms with Crippen LogP contribution in [0, 0.1) is 11.3 Å². The summed E-state index contributed by atoms with van der Waals surface area (Å²) in [7, 11) is 0. The summed E-state index contributed by atoms with van der Waals surface area (Å²) < 4.78 is 0. The van der Waals surface area contributed by atoms with Crippen molar-refractivity contribution in [3.05, 3.63) is 0 Å². The molecule has 0 bridgehead atoms. The largest absolute Gasteiger partial charge is 0.409 e. The lowest BCUT2D eigenvalue weighted by atomic mass is 9.88. The van der Waals surface area contributed by atoms with E-state index >= 15 is 0 Å². The molecule has 0 aliphatic heterocycles.